The number of halogens is 3. The second-order valence-electron chi connectivity index (χ2n) is 5.25. The van der Waals surface area contributed by atoms with E-state index in [1.807, 2.05) is 12.1 Å². The molecule has 23 heavy (non-hydrogen) atoms. The molecule has 122 valence electrons. The molecule has 0 saturated carbocycles. The summed E-state index contributed by atoms with van der Waals surface area (Å²) >= 11 is 0. The monoisotopic (exact) mass is 339 g/mol. The molecule has 1 atom stereocenters. The van der Waals surface area contributed by atoms with Gasteiger partial charge in [0, 0.05) is 18.3 Å². The first kappa shape index (κ1) is 17.3. The Morgan fingerprint density at radius 1 is 1.26 bits per heavy atom. The number of hydrogen-bond donors (Lipinski definition) is 2. The lowest BCUT2D eigenvalue weighted by Crippen LogP contribution is -2.16. The van der Waals surface area contributed by atoms with E-state index in [1.165, 1.54) is 5.56 Å². The fourth-order valence-electron chi connectivity index (χ4n) is 2.55. The van der Waals surface area contributed by atoms with Gasteiger partial charge in [0.2, 0.25) is 0 Å². The zero-order chi connectivity index (χ0) is 15.5. The number of hydrogen-bond acceptors (Lipinski definition) is 3. The van der Waals surface area contributed by atoms with E-state index in [4.69, 9.17) is 0 Å². The number of nitrogens with one attached hydrogen (secondary N) is 2. The second kappa shape index (κ2) is 7.48. The SMILES string of the molecule is Cl.O=C(Nc1ccc(C2CCNC2)cc1)c1ncc(F)cc1F. The van der Waals surface area contributed by atoms with Crippen molar-refractivity contribution in [3.63, 3.8) is 0 Å². The van der Waals surface area contributed by atoms with Gasteiger partial charge in [-0.05, 0) is 36.6 Å². The van der Waals surface area contributed by atoms with Crippen LogP contribution in [-0.2, 0) is 0 Å². The number of pyridine rings is 1. The highest BCUT2D eigenvalue weighted by atomic mass is 35.5. The van der Waals surface area contributed by atoms with Gasteiger partial charge in [-0.3, -0.25) is 4.79 Å². The number of rotatable bonds is 3. The molecule has 1 fully saturated rings. The van der Waals surface area contributed by atoms with E-state index in [0.717, 1.165) is 25.7 Å². The van der Waals surface area contributed by atoms with Gasteiger partial charge in [-0.1, -0.05) is 12.1 Å². The number of benzene rings is 1. The van der Waals surface area contributed by atoms with Crippen LogP contribution in [0.5, 0.6) is 0 Å². The highest BCUT2D eigenvalue weighted by Crippen LogP contribution is 2.23. The summed E-state index contributed by atoms with van der Waals surface area (Å²) in [7, 11) is 0. The predicted molar refractivity (Wildman–Crippen MR) is 86.0 cm³/mol. The molecule has 0 bridgehead atoms. The standard InChI is InChI=1S/C16H15F2N3O.ClH/c17-12-7-14(18)15(20-9-12)16(22)21-13-3-1-10(2-4-13)11-5-6-19-8-11;/h1-4,7,9,11,19H,5-6,8H2,(H,21,22);1H. The van der Waals surface area contributed by atoms with Crippen LogP contribution >= 0.6 is 12.4 Å². The Balaban J connectivity index is 0.00000192. The van der Waals surface area contributed by atoms with Gasteiger partial charge in [0.1, 0.15) is 5.82 Å². The van der Waals surface area contributed by atoms with Crippen molar-refractivity contribution in [3.8, 4) is 0 Å². The van der Waals surface area contributed by atoms with Crippen LogP contribution < -0.4 is 10.6 Å². The highest BCUT2D eigenvalue weighted by Gasteiger charge is 2.17. The van der Waals surface area contributed by atoms with Crippen LogP contribution in [0, 0.1) is 11.6 Å². The fourth-order valence-corrected chi connectivity index (χ4v) is 2.55. The first-order chi connectivity index (χ1) is 10.6. The smallest absolute Gasteiger partial charge is 0.277 e. The molecule has 2 N–H and O–H groups in total. The van der Waals surface area contributed by atoms with Crippen molar-refractivity contribution in [3.05, 3.63) is 59.4 Å². The van der Waals surface area contributed by atoms with E-state index in [1.54, 1.807) is 12.1 Å². The molecule has 3 rings (SSSR count). The van der Waals surface area contributed by atoms with Crippen molar-refractivity contribution in [1.29, 1.82) is 0 Å². The lowest BCUT2D eigenvalue weighted by Gasteiger charge is -2.10. The molecule has 0 aliphatic carbocycles. The average Bonchev–Trinajstić information content (AvgIpc) is 3.02. The maximum absolute atomic E-state index is 13.5. The molecule has 1 amide bonds. The number of carbonyl (C=O) groups excluding carboxylic acids is 1. The van der Waals surface area contributed by atoms with Crippen LogP contribution in [0.15, 0.2) is 36.5 Å². The summed E-state index contributed by atoms with van der Waals surface area (Å²) in [5, 5.41) is 5.86. The third kappa shape index (κ3) is 4.03. The molecule has 0 spiro atoms. The van der Waals surface area contributed by atoms with Gasteiger partial charge < -0.3 is 10.6 Å². The molecule has 1 saturated heterocycles. The van der Waals surface area contributed by atoms with Crippen LogP contribution in [0.4, 0.5) is 14.5 Å². The third-order valence-corrected chi connectivity index (χ3v) is 3.72. The molecule has 0 radical (unpaired) electrons. The zero-order valence-electron chi connectivity index (χ0n) is 12.2. The third-order valence-electron chi connectivity index (χ3n) is 3.72. The molecule has 1 aromatic carbocycles. The molecule has 1 aliphatic rings. The van der Waals surface area contributed by atoms with Gasteiger partial charge in [-0.2, -0.15) is 0 Å². The quantitative estimate of drug-likeness (QED) is 0.903. The maximum atomic E-state index is 13.5. The number of anilines is 1. The van der Waals surface area contributed by atoms with Crippen molar-refractivity contribution in [1.82, 2.24) is 10.3 Å². The molecule has 4 nitrogen and oxygen atoms in total. The molecule has 7 heteroatoms. The van der Waals surface area contributed by atoms with E-state index in [2.05, 4.69) is 15.6 Å². The number of carbonyl (C=O) groups is 1. The minimum Gasteiger partial charge on any atom is -0.321 e. The average molecular weight is 340 g/mol. The van der Waals surface area contributed by atoms with Crippen LogP contribution in [0.2, 0.25) is 0 Å². The highest BCUT2D eigenvalue weighted by molar-refractivity contribution is 6.03. The van der Waals surface area contributed by atoms with Gasteiger partial charge in [0.05, 0.1) is 6.20 Å². The Hall–Kier alpha value is -2.05. The van der Waals surface area contributed by atoms with Crippen LogP contribution in [-0.4, -0.2) is 24.0 Å². The molecule has 1 unspecified atom stereocenters. The fraction of sp³-hybridized carbons (Fsp3) is 0.250. The lowest BCUT2D eigenvalue weighted by molar-refractivity contribution is 0.101. The number of amides is 1. The van der Waals surface area contributed by atoms with Gasteiger partial charge in [0.25, 0.3) is 5.91 Å². The Morgan fingerprint density at radius 3 is 2.61 bits per heavy atom. The summed E-state index contributed by atoms with van der Waals surface area (Å²) in [6, 6.07) is 8.07. The number of aromatic nitrogens is 1. The number of nitrogens with zero attached hydrogens (tertiary/aromatic N) is 1. The van der Waals surface area contributed by atoms with Gasteiger partial charge >= 0.3 is 0 Å². The normalized spacial score (nSPS) is 16.7. The summed E-state index contributed by atoms with van der Waals surface area (Å²) < 4.78 is 26.3. The van der Waals surface area contributed by atoms with Crippen molar-refractivity contribution in [2.45, 2.75) is 12.3 Å². The molecule has 2 aromatic rings. The summed E-state index contributed by atoms with van der Waals surface area (Å²) in [6.07, 6.45) is 1.91. The Kier molecular flexibility index (Phi) is 5.63. The molecular weight excluding hydrogens is 324 g/mol. The van der Waals surface area contributed by atoms with Crippen LogP contribution in [0.25, 0.3) is 0 Å². The van der Waals surface area contributed by atoms with E-state index in [0.29, 0.717) is 17.7 Å². The van der Waals surface area contributed by atoms with E-state index in [-0.39, 0.29) is 12.4 Å². The Labute approximate surface area is 138 Å². The minimum atomic E-state index is -0.980. The second-order valence-corrected chi connectivity index (χ2v) is 5.25. The van der Waals surface area contributed by atoms with Gasteiger partial charge in [0.15, 0.2) is 11.5 Å². The largest absolute Gasteiger partial charge is 0.321 e. The molecule has 2 heterocycles. The van der Waals surface area contributed by atoms with Crippen LogP contribution in [0.1, 0.15) is 28.4 Å². The predicted octanol–water partition coefficient (Wildman–Crippen LogP) is 3.11. The van der Waals surface area contributed by atoms with E-state index < -0.39 is 23.2 Å². The van der Waals surface area contributed by atoms with Gasteiger partial charge in [-0.15, -0.1) is 12.4 Å². The zero-order valence-corrected chi connectivity index (χ0v) is 13.0. The van der Waals surface area contributed by atoms with Crippen molar-refractivity contribution in [2.75, 3.05) is 18.4 Å². The minimum absolute atomic E-state index is 0. The molecule has 1 aromatic heterocycles. The Morgan fingerprint density at radius 2 is 2.00 bits per heavy atom. The summed E-state index contributed by atoms with van der Waals surface area (Å²) in [5.41, 5.74) is 1.32. The van der Waals surface area contributed by atoms with Crippen LogP contribution in [0.3, 0.4) is 0 Å². The summed E-state index contributed by atoms with van der Waals surface area (Å²) in [6.45, 7) is 1.97. The first-order valence-corrected chi connectivity index (χ1v) is 7.06. The Bertz CT molecular complexity index is 688. The van der Waals surface area contributed by atoms with Crippen molar-refractivity contribution >= 4 is 24.0 Å². The van der Waals surface area contributed by atoms with Crippen molar-refractivity contribution in [2.24, 2.45) is 0 Å². The first-order valence-electron chi connectivity index (χ1n) is 7.06. The van der Waals surface area contributed by atoms with Crippen molar-refractivity contribution < 1.29 is 13.6 Å². The summed E-state index contributed by atoms with van der Waals surface area (Å²) in [5.74, 6) is -2.01. The topological polar surface area (TPSA) is 54.0 Å². The molecular formula is C16H16ClF2N3O. The maximum Gasteiger partial charge on any atom is 0.277 e. The lowest BCUT2D eigenvalue weighted by atomic mass is 9.98. The molecule has 1 aliphatic heterocycles. The summed E-state index contributed by atoms with van der Waals surface area (Å²) in [4.78, 5) is 15.4. The van der Waals surface area contributed by atoms with E-state index in [9.17, 15) is 13.6 Å². The van der Waals surface area contributed by atoms with E-state index >= 15 is 0 Å². The van der Waals surface area contributed by atoms with Gasteiger partial charge in [-0.25, -0.2) is 13.8 Å².